The number of carboxylic acid groups (broad SMARTS) is 1. The van der Waals surface area contributed by atoms with Crippen molar-refractivity contribution in [1.29, 1.82) is 0 Å². The Morgan fingerprint density at radius 2 is 2.25 bits per heavy atom. The molecule has 0 aliphatic rings. The topological polar surface area (TPSA) is 96.6 Å². The Balaban J connectivity index is 2.89. The van der Waals surface area contributed by atoms with Gasteiger partial charge >= 0.3 is 11.8 Å². The lowest BCUT2D eigenvalue weighted by Crippen LogP contribution is -2.35. The number of aromatic nitrogens is 1. The fraction of sp³-hybridized carbons (Fsp3) is 0.333. The lowest BCUT2D eigenvalue weighted by atomic mass is 10.2. The number of carbonyl (C=O) groups is 1. The van der Waals surface area contributed by atoms with Gasteiger partial charge in [0.05, 0.1) is 5.69 Å². The normalized spacial score (nSPS) is 11.9. The zero-order chi connectivity index (χ0) is 12.3. The molecule has 86 valence electrons. The molecule has 1 aromatic rings. The van der Waals surface area contributed by atoms with Crippen LogP contribution < -0.4 is 4.90 Å². The summed E-state index contributed by atoms with van der Waals surface area (Å²) in [7, 11) is 1.58. The van der Waals surface area contributed by atoms with Gasteiger partial charge in [0.15, 0.2) is 6.20 Å². The average molecular weight is 225 g/mol. The Morgan fingerprint density at radius 3 is 2.62 bits per heavy atom. The molecule has 0 amide bonds. The molecule has 1 rings (SSSR count). The number of likely N-dealkylation sites (N-methyl/N-ethyl adjacent to an activating group) is 1. The second-order valence-corrected chi connectivity index (χ2v) is 3.26. The summed E-state index contributed by atoms with van der Waals surface area (Å²) in [4.78, 5) is 25.6. The van der Waals surface area contributed by atoms with Gasteiger partial charge in [-0.25, -0.2) is 4.79 Å². The molecule has 1 unspecified atom stereocenters. The third-order valence-corrected chi connectivity index (χ3v) is 2.26. The summed E-state index contributed by atoms with van der Waals surface area (Å²) in [6.45, 7) is 1.52. The zero-order valence-electron chi connectivity index (χ0n) is 8.82. The van der Waals surface area contributed by atoms with E-state index in [0.717, 1.165) is 0 Å². The minimum Gasteiger partial charge on any atom is -0.480 e. The predicted molar refractivity (Wildman–Crippen MR) is 56.4 cm³/mol. The SMILES string of the molecule is CC(C(=O)O)N(C)c1ccc([N+](=O)[O-])nc1. The molecule has 1 aromatic heterocycles. The molecule has 0 aliphatic carbocycles. The van der Waals surface area contributed by atoms with Crippen LogP contribution in [0.2, 0.25) is 0 Å². The van der Waals surface area contributed by atoms with E-state index in [1.54, 1.807) is 7.05 Å². The number of anilines is 1. The second kappa shape index (κ2) is 4.56. The number of hydrogen-bond donors (Lipinski definition) is 1. The van der Waals surface area contributed by atoms with Gasteiger partial charge in [-0.3, -0.25) is 0 Å². The van der Waals surface area contributed by atoms with E-state index in [9.17, 15) is 14.9 Å². The highest BCUT2D eigenvalue weighted by Crippen LogP contribution is 2.16. The summed E-state index contributed by atoms with van der Waals surface area (Å²) in [5, 5.41) is 19.1. The van der Waals surface area contributed by atoms with E-state index in [0.29, 0.717) is 5.69 Å². The highest BCUT2D eigenvalue weighted by Gasteiger charge is 2.18. The number of nitrogens with zero attached hydrogens (tertiary/aromatic N) is 3. The summed E-state index contributed by atoms with van der Waals surface area (Å²) >= 11 is 0. The molecular weight excluding hydrogens is 214 g/mol. The largest absolute Gasteiger partial charge is 0.480 e. The van der Waals surface area contributed by atoms with Crippen molar-refractivity contribution >= 4 is 17.5 Å². The second-order valence-electron chi connectivity index (χ2n) is 3.26. The third-order valence-electron chi connectivity index (χ3n) is 2.26. The van der Waals surface area contributed by atoms with Gasteiger partial charge in [-0.2, -0.15) is 0 Å². The zero-order valence-corrected chi connectivity index (χ0v) is 8.82. The van der Waals surface area contributed by atoms with Crippen LogP contribution in [0.4, 0.5) is 11.5 Å². The van der Waals surface area contributed by atoms with Crippen LogP contribution >= 0.6 is 0 Å². The molecule has 7 nitrogen and oxygen atoms in total. The molecule has 7 heteroatoms. The third kappa shape index (κ3) is 2.44. The van der Waals surface area contributed by atoms with Crippen molar-refractivity contribution in [2.75, 3.05) is 11.9 Å². The van der Waals surface area contributed by atoms with E-state index < -0.39 is 16.9 Å². The van der Waals surface area contributed by atoms with Gasteiger partial charge in [0.25, 0.3) is 0 Å². The molecule has 0 aromatic carbocycles. The number of pyridine rings is 1. The van der Waals surface area contributed by atoms with Crippen LogP contribution in [-0.2, 0) is 4.79 Å². The van der Waals surface area contributed by atoms with Crippen molar-refractivity contribution in [3.63, 3.8) is 0 Å². The molecule has 0 fully saturated rings. The maximum absolute atomic E-state index is 10.7. The number of aliphatic carboxylic acids is 1. The van der Waals surface area contributed by atoms with Crippen LogP contribution in [-0.4, -0.2) is 34.1 Å². The summed E-state index contributed by atoms with van der Waals surface area (Å²) in [5.41, 5.74) is 0.514. The van der Waals surface area contributed by atoms with Crippen molar-refractivity contribution < 1.29 is 14.8 Å². The molecule has 0 saturated heterocycles. The predicted octanol–water partition coefficient (Wildman–Crippen LogP) is 0.899. The lowest BCUT2D eigenvalue weighted by molar-refractivity contribution is -0.389. The van der Waals surface area contributed by atoms with Crippen LogP contribution in [0.1, 0.15) is 6.92 Å². The van der Waals surface area contributed by atoms with Gasteiger partial charge in [0.2, 0.25) is 0 Å². The quantitative estimate of drug-likeness (QED) is 0.604. The minimum absolute atomic E-state index is 0.264. The van der Waals surface area contributed by atoms with E-state index >= 15 is 0 Å². The molecule has 0 saturated carbocycles. The maximum Gasteiger partial charge on any atom is 0.363 e. The fourth-order valence-electron chi connectivity index (χ4n) is 1.08. The van der Waals surface area contributed by atoms with Crippen LogP contribution in [0.5, 0.6) is 0 Å². The number of nitro groups is 1. The minimum atomic E-state index is -0.971. The average Bonchev–Trinajstić information content (AvgIpc) is 2.27. The first kappa shape index (κ1) is 11.9. The highest BCUT2D eigenvalue weighted by atomic mass is 16.6. The van der Waals surface area contributed by atoms with Crippen molar-refractivity contribution in [2.24, 2.45) is 0 Å². The lowest BCUT2D eigenvalue weighted by Gasteiger charge is -2.21. The van der Waals surface area contributed by atoms with Gasteiger partial charge in [0, 0.05) is 13.1 Å². The summed E-state index contributed by atoms with van der Waals surface area (Å²) in [6.07, 6.45) is 1.28. The molecule has 1 heterocycles. The Bertz CT molecular complexity index is 404. The van der Waals surface area contributed by atoms with E-state index in [-0.39, 0.29) is 5.82 Å². The van der Waals surface area contributed by atoms with E-state index in [1.165, 1.54) is 30.2 Å². The Hall–Kier alpha value is -2.18. The van der Waals surface area contributed by atoms with E-state index in [1.807, 2.05) is 0 Å². The monoisotopic (exact) mass is 225 g/mol. The molecular formula is C9H11N3O4. The van der Waals surface area contributed by atoms with Crippen LogP contribution in [0.25, 0.3) is 0 Å². The standard InChI is InChI=1S/C9H11N3O4/c1-6(9(13)14)11(2)7-3-4-8(10-5-7)12(15)16/h3-6H,1-2H3,(H,13,14). The highest BCUT2D eigenvalue weighted by molar-refractivity contribution is 5.77. The van der Waals surface area contributed by atoms with Crippen molar-refractivity contribution in [3.05, 3.63) is 28.4 Å². The fourth-order valence-corrected chi connectivity index (χ4v) is 1.08. The molecule has 1 atom stereocenters. The summed E-state index contributed by atoms with van der Waals surface area (Å²) in [5.74, 6) is -1.24. The van der Waals surface area contributed by atoms with E-state index in [2.05, 4.69) is 4.98 Å². The molecule has 16 heavy (non-hydrogen) atoms. The van der Waals surface area contributed by atoms with Crippen LogP contribution in [0.3, 0.4) is 0 Å². The van der Waals surface area contributed by atoms with Gasteiger partial charge in [0.1, 0.15) is 6.04 Å². The van der Waals surface area contributed by atoms with Crippen LogP contribution in [0, 0.1) is 10.1 Å². The molecule has 0 radical (unpaired) electrons. The Morgan fingerprint density at radius 1 is 1.62 bits per heavy atom. The van der Waals surface area contributed by atoms with Gasteiger partial charge < -0.3 is 20.1 Å². The van der Waals surface area contributed by atoms with Crippen molar-refractivity contribution in [2.45, 2.75) is 13.0 Å². The molecule has 0 bridgehead atoms. The first-order valence-corrected chi connectivity index (χ1v) is 4.49. The number of rotatable bonds is 4. The first-order valence-electron chi connectivity index (χ1n) is 4.49. The van der Waals surface area contributed by atoms with Crippen molar-refractivity contribution in [1.82, 2.24) is 4.98 Å². The number of hydrogen-bond acceptors (Lipinski definition) is 5. The first-order chi connectivity index (χ1) is 7.43. The van der Waals surface area contributed by atoms with Crippen LogP contribution in [0.15, 0.2) is 18.3 Å². The van der Waals surface area contributed by atoms with Crippen molar-refractivity contribution in [3.8, 4) is 0 Å². The summed E-state index contributed by atoms with van der Waals surface area (Å²) < 4.78 is 0. The molecule has 0 aliphatic heterocycles. The Kier molecular flexibility index (Phi) is 3.39. The van der Waals surface area contributed by atoms with E-state index in [4.69, 9.17) is 5.11 Å². The maximum atomic E-state index is 10.7. The number of carboxylic acids is 1. The Labute approximate surface area is 91.5 Å². The smallest absolute Gasteiger partial charge is 0.363 e. The van der Waals surface area contributed by atoms with Gasteiger partial charge in [-0.15, -0.1) is 0 Å². The molecule has 0 spiro atoms. The van der Waals surface area contributed by atoms with Gasteiger partial charge in [-0.05, 0) is 22.9 Å². The molecule has 1 N–H and O–H groups in total. The summed E-state index contributed by atoms with van der Waals surface area (Å²) in [6, 6.07) is 1.98. The van der Waals surface area contributed by atoms with Gasteiger partial charge in [-0.1, -0.05) is 0 Å².